The van der Waals surface area contributed by atoms with Crippen LogP contribution in [-0.4, -0.2) is 42.9 Å². The first-order chi connectivity index (χ1) is 11.7. The number of carbonyl (C=O) groups is 1. The van der Waals surface area contributed by atoms with E-state index >= 15 is 0 Å². The highest BCUT2D eigenvalue weighted by Crippen LogP contribution is 2.33. The average molecular weight is 334 g/mol. The van der Waals surface area contributed by atoms with E-state index in [4.69, 9.17) is 4.74 Å². The number of hydrogen-bond donors (Lipinski definition) is 3. The Bertz CT molecular complexity index is 523. The Morgan fingerprint density at radius 3 is 2.67 bits per heavy atom. The van der Waals surface area contributed by atoms with Gasteiger partial charge in [0.1, 0.15) is 0 Å². The molecule has 24 heavy (non-hydrogen) atoms. The predicted octanol–water partition coefficient (Wildman–Crippen LogP) is 2.80. The number of anilines is 1. The third kappa shape index (κ3) is 3.98. The second kappa shape index (κ2) is 8.12. The normalized spacial score (nSPS) is 22.0. The minimum absolute atomic E-state index is 0.0322. The Hall–Kier alpha value is -1.40. The largest absolute Gasteiger partial charge is 0.384 e. The fourth-order valence-electron chi connectivity index (χ4n) is 4.07. The molecule has 1 aliphatic heterocycles. The summed E-state index contributed by atoms with van der Waals surface area (Å²) in [6, 6.07) is 2.02. The number of rotatable bonds is 5. The van der Waals surface area contributed by atoms with Crippen molar-refractivity contribution in [2.75, 3.05) is 32.1 Å². The molecular formula is C18H30N4O2. The van der Waals surface area contributed by atoms with E-state index in [1.807, 2.05) is 6.07 Å². The minimum atomic E-state index is -0.443. The molecule has 3 N–H and O–H groups in total. The van der Waals surface area contributed by atoms with Crippen LogP contribution in [0.15, 0.2) is 6.07 Å². The van der Waals surface area contributed by atoms with Gasteiger partial charge in [0.05, 0.1) is 12.0 Å². The third-order valence-corrected chi connectivity index (χ3v) is 5.60. The number of methoxy groups -OCH3 is 1. The van der Waals surface area contributed by atoms with E-state index in [2.05, 4.69) is 20.8 Å². The molecule has 1 aliphatic carbocycles. The van der Waals surface area contributed by atoms with Crippen LogP contribution < -0.4 is 10.6 Å². The maximum atomic E-state index is 12.8. The van der Waals surface area contributed by atoms with Crippen molar-refractivity contribution in [3.8, 4) is 0 Å². The fourth-order valence-corrected chi connectivity index (χ4v) is 4.07. The first-order valence-corrected chi connectivity index (χ1v) is 9.30. The monoisotopic (exact) mass is 334 g/mol. The van der Waals surface area contributed by atoms with Gasteiger partial charge >= 0.3 is 0 Å². The molecule has 0 unspecified atom stereocenters. The molecular weight excluding hydrogens is 304 g/mol. The Kier molecular flexibility index (Phi) is 5.89. The summed E-state index contributed by atoms with van der Waals surface area (Å²) >= 11 is 0. The summed E-state index contributed by atoms with van der Waals surface area (Å²) in [5.74, 6) is 1.23. The number of nitrogens with one attached hydrogen (secondary N) is 3. The second-order valence-corrected chi connectivity index (χ2v) is 7.31. The van der Waals surface area contributed by atoms with Crippen LogP contribution in [0.2, 0.25) is 0 Å². The van der Waals surface area contributed by atoms with Crippen molar-refractivity contribution in [2.45, 2.75) is 57.3 Å². The Morgan fingerprint density at radius 1 is 1.29 bits per heavy atom. The highest BCUT2D eigenvalue weighted by atomic mass is 16.5. The van der Waals surface area contributed by atoms with E-state index in [1.165, 1.54) is 44.2 Å². The zero-order valence-corrected chi connectivity index (χ0v) is 14.7. The lowest BCUT2D eigenvalue weighted by Gasteiger charge is -2.35. The lowest BCUT2D eigenvalue weighted by atomic mass is 9.78. The molecule has 2 aliphatic rings. The van der Waals surface area contributed by atoms with Crippen molar-refractivity contribution >= 4 is 11.7 Å². The Morgan fingerprint density at radius 2 is 2.00 bits per heavy atom. The molecule has 1 aromatic rings. The number of aromatic amines is 1. The molecule has 0 spiro atoms. The van der Waals surface area contributed by atoms with E-state index in [1.54, 1.807) is 7.11 Å². The van der Waals surface area contributed by atoms with Crippen molar-refractivity contribution in [1.29, 1.82) is 0 Å². The Labute approximate surface area is 144 Å². The lowest BCUT2D eigenvalue weighted by molar-refractivity contribution is -0.130. The van der Waals surface area contributed by atoms with Gasteiger partial charge in [0.2, 0.25) is 5.91 Å². The average Bonchev–Trinajstić information content (AvgIpc) is 2.89. The number of aromatic nitrogens is 2. The van der Waals surface area contributed by atoms with E-state index in [-0.39, 0.29) is 5.91 Å². The topological polar surface area (TPSA) is 79.0 Å². The van der Waals surface area contributed by atoms with Crippen molar-refractivity contribution in [3.05, 3.63) is 11.8 Å². The van der Waals surface area contributed by atoms with Crippen molar-refractivity contribution in [1.82, 2.24) is 15.5 Å². The molecule has 1 saturated heterocycles. The van der Waals surface area contributed by atoms with Gasteiger partial charge in [0.25, 0.3) is 0 Å². The van der Waals surface area contributed by atoms with Gasteiger partial charge in [-0.2, -0.15) is 5.10 Å². The summed E-state index contributed by atoms with van der Waals surface area (Å²) in [7, 11) is 1.66. The first-order valence-electron chi connectivity index (χ1n) is 9.30. The van der Waals surface area contributed by atoms with Gasteiger partial charge in [-0.3, -0.25) is 9.89 Å². The van der Waals surface area contributed by atoms with Crippen LogP contribution in [-0.2, 0) is 9.53 Å². The number of H-pyrrole nitrogens is 1. The summed E-state index contributed by atoms with van der Waals surface area (Å²) in [4.78, 5) is 12.8. The smallest absolute Gasteiger partial charge is 0.234 e. The molecule has 3 rings (SSSR count). The predicted molar refractivity (Wildman–Crippen MR) is 94.1 cm³/mol. The number of amides is 1. The third-order valence-electron chi connectivity index (χ3n) is 5.60. The molecule has 0 atom stereocenters. The van der Waals surface area contributed by atoms with Crippen molar-refractivity contribution in [3.63, 3.8) is 0 Å². The molecule has 1 amide bonds. The molecule has 1 aromatic heterocycles. The second-order valence-electron chi connectivity index (χ2n) is 7.31. The lowest BCUT2D eigenvalue weighted by Crippen LogP contribution is -2.47. The van der Waals surface area contributed by atoms with Gasteiger partial charge in [-0.15, -0.1) is 0 Å². The standard InChI is InChI=1S/C18H30N4O2/c1-24-13-18(8-10-19-11-9-18)17(23)20-16-12-15(21-22-16)14-6-4-2-3-5-7-14/h12,14,19H,2-11,13H2,1H3,(H2,20,21,22,23). The maximum absolute atomic E-state index is 12.8. The number of nitrogens with zero attached hydrogens (tertiary/aromatic N) is 1. The maximum Gasteiger partial charge on any atom is 0.234 e. The molecule has 0 radical (unpaired) electrons. The highest BCUT2D eigenvalue weighted by Gasteiger charge is 2.40. The summed E-state index contributed by atoms with van der Waals surface area (Å²) in [6.45, 7) is 2.16. The summed E-state index contributed by atoms with van der Waals surface area (Å²) in [5, 5.41) is 13.8. The number of ether oxygens (including phenoxy) is 1. The van der Waals surface area contributed by atoms with Crippen molar-refractivity contribution < 1.29 is 9.53 Å². The number of hydrogen-bond acceptors (Lipinski definition) is 4. The number of carbonyl (C=O) groups excluding carboxylic acids is 1. The van der Waals surface area contributed by atoms with Gasteiger partial charge in [0.15, 0.2) is 5.82 Å². The van der Waals surface area contributed by atoms with Crippen LogP contribution in [0.4, 0.5) is 5.82 Å². The van der Waals surface area contributed by atoms with E-state index in [9.17, 15) is 4.79 Å². The van der Waals surface area contributed by atoms with Gasteiger partial charge in [0, 0.05) is 24.8 Å². The van der Waals surface area contributed by atoms with E-state index < -0.39 is 5.41 Å². The van der Waals surface area contributed by atoms with Crippen LogP contribution in [0, 0.1) is 5.41 Å². The quantitative estimate of drug-likeness (QED) is 0.724. The first kappa shape index (κ1) is 17.4. The zero-order valence-electron chi connectivity index (χ0n) is 14.7. The van der Waals surface area contributed by atoms with Crippen LogP contribution in [0.5, 0.6) is 0 Å². The molecule has 1 saturated carbocycles. The summed E-state index contributed by atoms with van der Waals surface area (Å²) < 4.78 is 5.34. The summed E-state index contributed by atoms with van der Waals surface area (Å²) in [5.41, 5.74) is 0.722. The van der Waals surface area contributed by atoms with Crippen LogP contribution in [0.25, 0.3) is 0 Å². The highest BCUT2D eigenvalue weighted by molar-refractivity contribution is 5.94. The van der Waals surface area contributed by atoms with Crippen LogP contribution in [0.1, 0.15) is 63.0 Å². The van der Waals surface area contributed by atoms with Gasteiger partial charge in [-0.25, -0.2) is 0 Å². The Balaban J connectivity index is 1.65. The minimum Gasteiger partial charge on any atom is -0.384 e. The fraction of sp³-hybridized carbons (Fsp3) is 0.778. The van der Waals surface area contributed by atoms with E-state index in [0.717, 1.165) is 25.9 Å². The molecule has 2 heterocycles. The molecule has 134 valence electrons. The van der Waals surface area contributed by atoms with Crippen molar-refractivity contribution in [2.24, 2.45) is 5.41 Å². The zero-order chi connectivity index (χ0) is 16.8. The van der Waals surface area contributed by atoms with Crippen LogP contribution >= 0.6 is 0 Å². The molecule has 6 nitrogen and oxygen atoms in total. The van der Waals surface area contributed by atoms with Gasteiger partial charge in [-0.05, 0) is 38.8 Å². The number of piperidine rings is 1. The summed E-state index contributed by atoms with van der Waals surface area (Å²) in [6.07, 6.45) is 9.27. The van der Waals surface area contributed by atoms with Gasteiger partial charge < -0.3 is 15.4 Å². The van der Waals surface area contributed by atoms with Crippen LogP contribution in [0.3, 0.4) is 0 Å². The molecule has 2 fully saturated rings. The molecule has 0 aromatic carbocycles. The van der Waals surface area contributed by atoms with E-state index in [0.29, 0.717) is 18.3 Å². The SMILES string of the molecule is COCC1(C(=O)Nc2cc(C3CCCCCC3)[nH]n2)CCNCC1. The molecule has 6 heteroatoms. The molecule has 0 bridgehead atoms. The van der Waals surface area contributed by atoms with Gasteiger partial charge in [-0.1, -0.05) is 25.7 Å².